The minimum absolute atomic E-state index is 0.0958. The summed E-state index contributed by atoms with van der Waals surface area (Å²) in [5.41, 5.74) is 3.43. The molecule has 1 aliphatic heterocycles. The van der Waals surface area contributed by atoms with Crippen LogP contribution in [0.5, 0.6) is 0 Å². The number of urea groups is 1. The summed E-state index contributed by atoms with van der Waals surface area (Å²) in [4.78, 5) is 27.1. The van der Waals surface area contributed by atoms with Crippen LogP contribution in [-0.4, -0.2) is 25.0 Å². The fraction of sp³-hybridized carbons (Fsp3) is 0.200. The first kappa shape index (κ1) is 22.3. The predicted octanol–water partition coefficient (Wildman–Crippen LogP) is 5.06. The maximum atomic E-state index is 13.7. The van der Waals surface area contributed by atoms with Gasteiger partial charge in [-0.1, -0.05) is 24.3 Å². The van der Waals surface area contributed by atoms with E-state index < -0.39 is 23.4 Å². The number of halogens is 2. The number of nitrogens with one attached hydrogen (secondary N) is 3. The molecule has 0 aliphatic carbocycles. The minimum Gasteiger partial charge on any atom is -0.383 e. The molecular weight excluding hydrogens is 426 g/mol. The summed E-state index contributed by atoms with van der Waals surface area (Å²) >= 11 is 0. The van der Waals surface area contributed by atoms with Crippen LogP contribution in [0.2, 0.25) is 0 Å². The van der Waals surface area contributed by atoms with Gasteiger partial charge in [-0.3, -0.25) is 4.79 Å². The number of hydrogen-bond acceptors (Lipinski definition) is 3. The Hall–Kier alpha value is -3.94. The Morgan fingerprint density at radius 2 is 1.79 bits per heavy atom. The number of benzene rings is 3. The summed E-state index contributed by atoms with van der Waals surface area (Å²) < 4.78 is 27.4. The minimum atomic E-state index is -0.852. The first-order chi connectivity index (χ1) is 15.9. The molecule has 0 spiro atoms. The molecule has 33 heavy (non-hydrogen) atoms. The molecule has 3 amide bonds. The highest BCUT2D eigenvalue weighted by Crippen LogP contribution is 2.29. The van der Waals surface area contributed by atoms with Crippen LogP contribution in [0, 0.1) is 18.6 Å². The molecule has 3 aromatic rings. The third-order valence-electron chi connectivity index (χ3n) is 5.54. The molecule has 3 N–H and O–H groups in total. The number of carbonyl (C=O) groups is 2. The van der Waals surface area contributed by atoms with Gasteiger partial charge in [0.2, 0.25) is 0 Å². The number of rotatable bonds is 4. The van der Waals surface area contributed by atoms with Gasteiger partial charge in [0.15, 0.2) is 0 Å². The van der Waals surface area contributed by atoms with Gasteiger partial charge in [0.25, 0.3) is 5.91 Å². The van der Waals surface area contributed by atoms with Crippen molar-refractivity contribution in [2.24, 2.45) is 0 Å². The third kappa shape index (κ3) is 4.95. The van der Waals surface area contributed by atoms with Crippen LogP contribution in [0.15, 0.2) is 60.7 Å². The van der Waals surface area contributed by atoms with Crippen LogP contribution in [0.1, 0.15) is 27.9 Å². The van der Waals surface area contributed by atoms with Gasteiger partial charge in [0.1, 0.15) is 17.3 Å². The van der Waals surface area contributed by atoms with E-state index in [1.807, 2.05) is 31.2 Å². The first-order valence-corrected chi connectivity index (χ1v) is 10.7. The SMILES string of the molecule is Cc1cc(C(=O)N2CCCNc3ccccc32)ccc1CNC(=O)Nc1c(F)cccc1F. The maximum Gasteiger partial charge on any atom is 0.319 e. The molecule has 0 unspecified atom stereocenters. The lowest BCUT2D eigenvalue weighted by Crippen LogP contribution is -2.32. The number of carbonyl (C=O) groups excluding carboxylic acids is 2. The van der Waals surface area contributed by atoms with Crippen LogP contribution >= 0.6 is 0 Å². The molecule has 3 aromatic carbocycles. The number of nitrogens with zero attached hydrogens (tertiary/aromatic N) is 1. The van der Waals surface area contributed by atoms with Crippen LogP contribution in [0.25, 0.3) is 0 Å². The fourth-order valence-corrected chi connectivity index (χ4v) is 3.78. The van der Waals surface area contributed by atoms with Gasteiger partial charge < -0.3 is 20.9 Å². The highest BCUT2D eigenvalue weighted by Gasteiger charge is 2.22. The van der Waals surface area contributed by atoms with E-state index >= 15 is 0 Å². The molecule has 1 aliphatic rings. The molecule has 8 heteroatoms. The quantitative estimate of drug-likeness (QED) is 0.520. The molecule has 0 bridgehead atoms. The molecule has 0 saturated carbocycles. The highest BCUT2D eigenvalue weighted by molar-refractivity contribution is 6.08. The molecule has 0 aromatic heterocycles. The van der Waals surface area contributed by atoms with E-state index in [2.05, 4.69) is 16.0 Å². The Balaban J connectivity index is 1.44. The zero-order valence-electron chi connectivity index (χ0n) is 18.1. The molecule has 4 rings (SSSR count). The van der Waals surface area contributed by atoms with Crippen LogP contribution in [0.3, 0.4) is 0 Å². The number of fused-ring (bicyclic) bond motifs is 1. The van der Waals surface area contributed by atoms with Gasteiger partial charge in [0, 0.05) is 25.2 Å². The number of anilines is 3. The van der Waals surface area contributed by atoms with Crippen LogP contribution < -0.4 is 20.9 Å². The maximum absolute atomic E-state index is 13.7. The van der Waals surface area contributed by atoms with E-state index in [0.29, 0.717) is 12.1 Å². The van der Waals surface area contributed by atoms with E-state index in [4.69, 9.17) is 0 Å². The van der Waals surface area contributed by atoms with Crippen molar-refractivity contribution in [1.29, 1.82) is 0 Å². The Kier molecular flexibility index (Phi) is 6.53. The Morgan fingerprint density at radius 1 is 1.03 bits per heavy atom. The van der Waals surface area contributed by atoms with Crippen molar-refractivity contribution in [1.82, 2.24) is 5.32 Å². The smallest absolute Gasteiger partial charge is 0.319 e. The van der Waals surface area contributed by atoms with Gasteiger partial charge >= 0.3 is 6.03 Å². The summed E-state index contributed by atoms with van der Waals surface area (Å²) in [6.07, 6.45) is 0.832. The summed E-state index contributed by atoms with van der Waals surface area (Å²) in [5, 5.41) is 8.12. The molecule has 170 valence electrons. The summed E-state index contributed by atoms with van der Waals surface area (Å²) in [5.74, 6) is -1.80. The Bertz CT molecular complexity index is 1180. The topological polar surface area (TPSA) is 73.5 Å². The van der Waals surface area contributed by atoms with Crippen molar-refractivity contribution in [3.63, 3.8) is 0 Å². The summed E-state index contributed by atoms with van der Waals surface area (Å²) in [7, 11) is 0. The van der Waals surface area contributed by atoms with Crippen molar-refractivity contribution >= 4 is 29.0 Å². The van der Waals surface area contributed by atoms with Crippen molar-refractivity contribution in [3.05, 3.63) is 89.0 Å². The Morgan fingerprint density at radius 3 is 2.55 bits per heavy atom. The molecule has 1 heterocycles. The van der Waals surface area contributed by atoms with E-state index in [-0.39, 0.29) is 12.5 Å². The second-order valence-corrected chi connectivity index (χ2v) is 7.80. The van der Waals surface area contributed by atoms with Gasteiger partial charge in [-0.2, -0.15) is 0 Å². The number of hydrogen-bond donors (Lipinski definition) is 3. The second-order valence-electron chi connectivity index (χ2n) is 7.80. The standard InChI is InChI=1S/C25H24F2N4O2/c1-16-14-17(24(32)31-13-5-12-28-21-8-2-3-9-22(21)31)10-11-18(16)15-29-25(33)30-23-19(26)6-4-7-20(23)27/h2-4,6-11,14,28H,5,12-13,15H2,1H3,(H2,29,30,33). The van der Waals surface area contributed by atoms with E-state index in [1.165, 1.54) is 6.07 Å². The van der Waals surface area contributed by atoms with Crippen molar-refractivity contribution in [2.75, 3.05) is 28.6 Å². The van der Waals surface area contributed by atoms with Crippen LogP contribution in [0.4, 0.5) is 30.6 Å². The third-order valence-corrected chi connectivity index (χ3v) is 5.54. The molecule has 0 fully saturated rings. The fourth-order valence-electron chi connectivity index (χ4n) is 3.78. The number of aryl methyl sites for hydroxylation is 1. The van der Waals surface area contributed by atoms with Crippen molar-refractivity contribution in [2.45, 2.75) is 19.9 Å². The van der Waals surface area contributed by atoms with Gasteiger partial charge in [0.05, 0.1) is 11.4 Å². The molecule has 0 radical (unpaired) electrons. The van der Waals surface area contributed by atoms with E-state index in [9.17, 15) is 18.4 Å². The molecule has 6 nitrogen and oxygen atoms in total. The zero-order chi connectivity index (χ0) is 23.4. The number of amides is 3. The normalized spacial score (nSPS) is 12.9. The highest BCUT2D eigenvalue weighted by atomic mass is 19.1. The summed E-state index contributed by atoms with van der Waals surface area (Å²) in [6, 6.07) is 15.6. The number of para-hydroxylation sites is 3. The van der Waals surface area contributed by atoms with E-state index in [1.54, 1.807) is 23.1 Å². The van der Waals surface area contributed by atoms with Crippen molar-refractivity contribution in [3.8, 4) is 0 Å². The molecule has 0 saturated heterocycles. The van der Waals surface area contributed by atoms with Gasteiger partial charge in [-0.25, -0.2) is 13.6 Å². The Labute approximate surface area is 190 Å². The first-order valence-electron chi connectivity index (χ1n) is 10.7. The van der Waals surface area contributed by atoms with Gasteiger partial charge in [-0.15, -0.1) is 0 Å². The lowest BCUT2D eigenvalue weighted by Gasteiger charge is -2.23. The van der Waals surface area contributed by atoms with E-state index in [0.717, 1.165) is 47.6 Å². The molecular formula is C25H24F2N4O2. The lowest BCUT2D eigenvalue weighted by molar-refractivity contribution is 0.0987. The van der Waals surface area contributed by atoms with Crippen LogP contribution in [-0.2, 0) is 6.54 Å². The van der Waals surface area contributed by atoms with Gasteiger partial charge in [-0.05, 0) is 60.9 Å². The van der Waals surface area contributed by atoms with Crippen molar-refractivity contribution < 1.29 is 18.4 Å². The summed E-state index contributed by atoms with van der Waals surface area (Å²) in [6.45, 7) is 3.39. The zero-order valence-corrected chi connectivity index (χ0v) is 18.1. The average molecular weight is 450 g/mol. The largest absolute Gasteiger partial charge is 0.383 e. The predicted molar refractivity (Wildman–Crippen MR) is 125 cm³/mol. The lowest BCUT2D eigenvalue weighted by atomic mass is 10.0. The second kappa shape index (κ2) is 9.68. The monoisotopic (exact) mass is 450 g/mol. The molecule has 0 atom stereocenters. The average Bonchev–Trinajstić information content (AvgIpc) is 3.03.